The zero-order valence-electron chi connectivity index (χ0n) is 6.80. The van der Waals surface area contributed by atoms with Crippen LogP contribution in [-0.2, 0) is 10.1 Å². The predicted octanol–water partition coefficient (Wildman–Crippen LogP) is 0.0282. The molecule has 0 spiro atoms. The average Bonchev–Trinajstić information content (AvgIpc) is 2.15. The molecule has 1 aromatic carbocycles. The van der Waals surface area contributed by atoms with Gasteiger partial charge in [-0.05, 0) is 18.2 Å². The molecular weight excluding hydrogens is 243 g/mol. The summed E-state index contributed by atoms with van der Waals surface area (Å²) in [6, 6.07) is 6.57. The molecule has 0 aliphatic heterocycles. The van der Waals surface area contributed by atoms with Crippen molar-refractivity contribution in [3.8, 4) is 12.1 Å². The van der Waals surface area contributed by atoms with Crippen LogP contribution in [0.3, 0.4) is 0 Å². The predicted molar refractivity (Wildman–Crippen MR) is 52.8 cm³/mol. The number of rotatable bonds is 1. The molecule has 1 rings (SSSR count). The van der Waals surface area contributed by atoms with Gasteiger partial charge in [0, 0.05) is 0 Å². The zero-order valence-corrected chi connectivity index (χ0v) is 7.61. The summed E-state index contributed by atoms with van der Waals surface area (Å²) in [5.41, 5.74) is -0.0116. The van der Waals surface area contributed by atoms with Crippen molar-refractivity contribution in [2.24, 2.45) is 0 Å². The molecule has 0 aromatic heterocycles. The van der Waals surface area contributed by atoms with Crippen molar-refractivity contribution in [2.45, 2.75) is 4.90 Å². The summed E-state index contributed by atoms with van der Waals surface area (Å²) in [5.74, 6) is 0. The van der Waals surface area contributed by atoms with E-state index in [9.17, 15) is 8.42 Å². The second-order valence-electron chi connectivity index (χ2n) is 2.41. The van der Waals surface area contributed by atoms with E-state index in [1.165, 1.54) is 6.07 Å². The van der Waals surface area contributed by atoms with Gasteiger partial charge >= 0.3 is 51.4 Å². The van der Waals surface area contributed by atoms with Crippen molar-refractivity contribution in [2.75, 3.05) is 0 Å². The van der Waals surface area contributed by atoms with E-state index in [-0.39, 0.29) is 62.5 Å². The van der Waals surface area contributed by atoms with Crippen LogP contribution >= 0.6 is 0 Å². The molecule has 1 aromatic rings. The summed E-state index contributed by atoms with van der Waals surface area (Å²) in [6.45, 7) is 0. The third kappa shape index (κ3) is 3.67. The Morgan fingerprint density at radius 3 is 2.07 bits per heavy atom. The first kappa shape index (κ1) is 14.7. The summed E-state index contributed by atoms with van der Waals surface area (Å²) < 4.78 is 30.0. The zero-order chi connectivity index (χ0) is 10.8. The second kappa shape index (κ2) is 5.73. The number of nitrogens with zero attached hydrogens (tertiary/aromatic N) is 2. The molecular formula is C8H5KN2O3S. The van der Waals surface area contributed by atoms with E-state index in [1.807, 2.05) is 0 Å². The SMILES string of the molecule is N#Cc1ccc(S(=O)(=O)O)cc1C#N.[KH]. The summed E-state index contributed by atoms with van der Waals surface area (Å²) in [6.07, 6.45) is 0. The normalized spacial score (nSPS) is 9.53. The number of benzene rings is 1. The number of nitriles is 2. The van der Waals surface area contributed by atoms with Gasteiger partial charge in [-0.15, -0.1) is 0 Å². The minimum atomic E-state index is -4.32. The molecule has 1 N–H and O–H groups in total. The van der Waals surface area contributed by atoms with Crippen LogP contribution in [0.4, 0.5) is 0 Å². The third-order valence-corrected chi connectivity index (χ3v) is 2.38. The first-order valence-electron chi connectivity index (χ1n) is 3.41. The first-order valence-corrected chi connectivity index (χ1v) is 4.85. The van der Waals surface area contributed by atoms with Gasteiger partial charge in [0.2, 0.25) is 0 Å². The molecule has 0 radical (unpaired) electrons. The van der Waals surface area contributed by atoms with Crippen molar-refractivity contribution >= 4 is 61.5 Å². The second-order valence-corrected chi connectivity index (χ2v) is 3.83. The Kier molecular flexibility index (Phi) is 5.63. The van der Waals surface area contributed by atoms with Crippen LogP contribution in [0.1, 0.15) is 11.1 Å². The molecule has 0 bridgehead atoms. The monoisotopic (exact) mass is 248 g/mol. The molecule has 15 heavy (non-hydrogen) atoms. The van der Waals surface area contributed by atoms with E-state index < -0.39 is 15.0 Å². The van der Waals surface area contributed by atoms with Gasteiger partial charge < -0.3 is 0 Å². The van der Waals surface area contributed by atoms with E-state index in [0.717, 1.165) is 12.1 Å². The van der Waals surface area contributed by atoms with Gasteiger partial charge in [-0.1, -0.05) is 0 Å². The molecule has 7 heteroatoms. The van der Waals surface area contributed by atoms with Crippen molar-refractivity contribution in [3.05, 3.63) is 29.3 Å². The van der Waals surface area contributed by atoms with Gasteiger partial charge in [0.15, 0.2) is 0 Å². The van der Waals surface area contributed by atoms with Gasteiger partial charge in [-0.3, -0.25) is 4.55 Å². The van der Waals surface area contributed by atoms with Crippen LogP contribution in [0.25, 0.3) is 0 Å². The van der Waals surface area contributed by atoms with Crippen molar-refractivity contribution in [1.29, 1.82) is 10.5 Å². The van der Waals surface area contributed by atoms with Crippen molar-refractivity contribution < 1.29 is 13.0 Å². The Labute approximate surface area is 129 Å². The Balaban J connectivity index is 0.00000196. The van der Waals surface area contributed by atoms with Gasteiger partial charge in [-0.25, -0.2) is 0 Å². The summed E-state index contributed by atoms with van der Waals surface area (Å²) in [7, 11) is -4.32. The third-order valence-electron chi connectivity index (χ3n) is 1.53. The molecule has 5 nitrogen and oxygen atoms in total. The summed E-state index contributed by atoms with van der Waals surface area (Å²) in [5, 5.41) is 17.1. The molecule has 0 atom stereocenters. The Bertz CT molecular complexity index is 554. The fourth-order valence-corrected chi connectivity index (χ4v) is 1.38. The van der Waals surface area contributed by atoms with E-state index >= 15 is 0 Å². The number of hydrogen-bond acceptors (Lipinski definition) is 4. The van der Waals surface area contributed by atoms with Crippen LogP contribution in [0.5, 0.6) is 0 Å². The van der Waals surface area contributed by atoms with E-state index in [1.54, 1.807) is 12.1 Å². The molecule has 72 valence electrons. The van der Waals surface area contributed by atoms with Crippen LogP contribution in [0.2, 0.25) is 0 Å². The molecule has 0 fully saturated rings. The summed E-state index contributed by atoms with van der Waals surface area (Å²) >= 11 is 0. The molecule has 0 amide bonds. The maximum atomic E-state index is 10.7. The molecule has 0 aliphatic carbocycles. The molecule has 0 aliphatic rings. The summed E-state index contributed by atoms with van der Waals surface area (Å²) in [4.78, 5) is -0.395. The van der Waals surface area contributed by atoms with Crippen LogP contribution < -0.4 is 0 Å². The minimum absolute atomic E-state index is 0. The van der Waals surface area contributed by atoms with Crippen LogP contribution in [0, 0.1) is 22.7 Å². The van der Waals surface area contributed by atoms with E-state index in [4.69, 9.17) is 15.1 Å². The maximum absolute atomic E-state index is 10.7. The van der Waals surface area contributed by atoms with Gasteiger partial charge in [0.05, 0.1) is 16.0 Å². The first-order chi connectivity index (χ1) is 6.49. The van der Waals surface area contributed by atoms with E-state index in [0.29, 0.717) is 0 Å². The van der Waals surface area contributed by atoms with Crippen molar-refractivity contribution in [3.63, 3.8) is 0 Å². The van der Waals surface area contributed by atoms with Gasteiger partial charge in [-0.2, -0.15) is 18.9 Å². The Morgan fingerprint density at radius 1 is 1.13 bits per heavy atom. The van der Waals surface area contributed by atoms with Crippen LogP contribution in [0.15, 0.2) is 23.1 Å². The fourth-order valence-electron chi connectivity index (χ4n) is 0.874. The fraction of sp³-hybridized carbons (Fsp3) is 0. The molecule has 0 unspecified atom stereocenters. The van der Waals surface area contributed by atoms with Crippen molar-refractivity contribution in [1.82, 2.24) is 0 Å². The molecule has 0 saturated carbocycles. The Morgan fingerprint density at radius 2 is 1.67 bits per heavy atom. The van der Waals surface area contributed by atoms with Crippen LogP contribution in [-0.4, -0.2) is 64.4 Å². The van der Waals surface area contributed by atoms with E-state index in [2.05, 4.69) is 0 Å². The number of hydrogen-bond donors (Lipinski definition) is 1. The standard InChI is InChI=1S/C8H4N2O3S.K.H/c9-4-6-1-2-8(14(11,12)13)3-7(6)5-10;;/h1-3H,(H,11,12,13);;. The average molecular weight is 248 g/mol. The van der Waals surface area contributed by atoms with Gasteiger partial charge in [0.1, 0.15) is 12.1 Å². The topological polar surface area (TPSA) is 102 Å². The molecule has 0 saturated heterocycles. The van der Waals surface area contributed by atoms with Gasteiger partial charge in [0.25, 0.3) is 10.1 Å². The quantitative estimate of drug-likeness (QED) is 0.558. The Hall–Kier alpha value is -0.254. The molecule has 0 heterocycles.